The van der Waals surface area contributed by atoms with Gasteiger partial charge in [0.15, 0.2) is 0 Å². The third-order valence-electron chi connectivity index (χ3n) is 4.88. The Kier molecular flexibility index (Phi) is 1.69. The predicted octanol–water partition coefficient (Wildman–Crippen LogP) is 4.45. The summed E-state index contributed by atoms with van der Waals surface area (Å²) in [5, 5.41) is 0. The second kappa shape index (κ2) is 3.27. The zero-order valence-corrected chi connectivity index (χ0v) is 10.6. The lowest BCUT2D eigenvalue weighted by Gasteiger charge is -2.35. The van der Waals surface area contributed by atoms with Gasteiger partial charge >= 0.3 is 0 Å². The Balaban J connectivity index is 1.79. The largest absolute Gasteiger partial charge is 0.0760 e. The van der Waals surface area contributed by atoms with E-state index in [4.69, 9.17) is 0 Å². The molecule has 0 radical (unpaired) electrons. The van der Waals surface area contributed by atoms with E-state index in [0.29, 0.717) is 11.8 Å². The lowest BCUT2D eigenvalue weighted by Crippen LogP contribution is -2.19. The molecule has 2 atom stereocenters. The van der Waals surface area contributed by atoms with Gasteiger partial charge in [0.1, 0.15) is 0 Å². The van der Waals surface area contributed by atoms with Gasteiger partial charge in [-0.3, -0.25) is 0 Å². The minimum Gasteiger partial charge on any atom is -0.0760 e. The fraction of sp³-hybridized carbons (Fsp3) is 0.158. The molecule has 0 heterocycles. The summed E-state index contributed by atoms with van der Waals surface area (Å²) in [6, 6.07) is 17.9. The van der Waals surface area contributed by atoms with Crippen molar-refractivity contribution in [1.29, 1.82) is 0 Å². The minimum atomic E-state index is 0.486. The number of allylic oxidation sites excluding steroid dienone is 4. The van der Waals surface area contributed by atoms with Gasteiger partial charge in [0.05, 0.1) is 0 Å². The first-order valence-electron chi connectivity index (χ1n) is 7.02. The standard InChI is InChI=1S/C19H14/c1-2-6-13-12(5-1)11-18-16-9-10-17(19(13)18)15-8-4-3-7-14(15)16/h1-10,16-17H,11H2. The van der Waals surface area contributed by atoms with Crippen LogP contribution in [0.4, 0.5) is 0 Å². The summed E-state index contributed by atoms with van der Waals surface area (Å²) in [4.78, 5) is 0. The van der Waals surface area contributed by atoms with Crippen molar-refractivity contribution in [1.82, 2.24) is 0 Å². The van der Waals surface area contributed by atoms with Crippen molar-refractivity contribution < 1.29 is 0 Å². The highest BCUT2D eigenvalue weighted by atomic mass is 14.4. The highest BCUT2D eigenvalue weighted by Gasteiger charge is 2.39. The molecule has 0 spiro atoms. The smallest absolute Gasteiger partial charge is 0.0279 e. The number of benzene rings is 2. The molecule has 4 aliphatic carbocycles. The number of rotatable bonds is 0. The van der Waals surface area contributed by atoms with Crippen LogP contribution in [-0.2, 0) is 6.42 Å². The first-order valence-corrected chi connectivity index (χ1v) is 7.02. The van der Waals surface area contributed by atoms with Crippen LogP contribution < -0.4 is 0 Å². The van der Waals surface area contributed by atoms with Crippen LogP contribution in [0.5, 0.6) is 0 Å². The zero-order valence-electron chi connectivity index (χ0n) is 10.6. The number of fused-ring (bicyclic) bond motifs is 1. The molecular weight excluding hydrogens is 228 g/mol. The molecule has 0 saturated heterocycles. The van der Waals surface area contributed by atoms with Gasteiger partial charge < -0.3 is 0 Å². The average Bonchev–Trinajstić information content (AvgIpc) is 2.88. The number of hydrogen-bond donors (Lipinski definition) is 0. The molecule has 0 amide bonds. The van der Waals surface area contributed by atoms with E-state index in [1.165, 1.54) is 22.3 Å². The van der Waals surface area contributed by atoms with Gasteiger partial charge in [0.25, 0.3) is 0 Å². The van der Waals surface area contributed by atoms with Crippen molar-refractivity contribution in [2.24, 2.45) is 0 Å². The van der Waals surface area contributed by atoms with E-state index in [0.717, 1.165) is 6.42 Å². The van der Waals surface area contributed by atoms with Crippen molar-refractivity contribution in [2.45, 2.75) is 18.3 Å². The molecule has 90 valence electrons. The van der Waals surface area contributed by atoms with Gasteiger partial charge in [0.2, 0.25) is 0 Å². The second-order valence-electron chi connectivity index (χ2n) is 5.74. The van der Waals surface area contributed by atoms with E-state index in [1.54, 1.807) is 11.1 Å². The molecule has 0 nitrogen and oxygen atoms in total. The fourth-order valence-corrected chi connectivity index (χ4v) is 4.12. The first kappa shape index (κ1) is 9.80. The maximum absolute atomic E-state index is 2.41. The van der Waals surface area contributed by atoms with Crippen LogP contribution in [0.25, 0.3) is 5.57 Å². The molecule has 4 aliphatic rings. The molecule has 0 aliphatic heterocycles. The molecule has 0 N–H and O–H groups in total. The molecule has 2 bridgehead atoms. The molecule has 2 unspecified atom stereocenters. The quantitative estimate of drug-likeness (QED) is 0.599. The van der Waals surface area contributed by atoms with Crippen molar-refractivity contribution in [2.75, 3.05) is 0 Å². The molecule has 0 heteroatoms. The summed E-state index contributed by atoms with van der Waals surface area (Å²) in [7, 11) is 0. The van der Waals surface area contributed by atoms with Crippen molar-refractivity contribution in [3.05, 3.63) is 88.5 Å². The van der Waals surface area contributed by atoms with E-state index in [-0.39, 0.29) is 0 Å². The van der Waals surface area contributed by atoms with Crippen LogP contribution in [0.2, 0.25) is 0 Å². The SMILES string of the molecule is C1=CC2C3=C(Cc4ccccc43)C1c1ccccc12. The predicted molar refractivity (Wildman–Crippen MR) is 78.1 cm³/mol. The Morgan fingerprint density at radius 2 is 1.42 bits per heavy atom. The van der Waals surface area contributed by atoms with Crippen LogP contribution in [0, 0.1) is 0 Å². The minimum absolute atomic E-state index is 0.486. The van der Waals surface area contributed by atoms with E-state index >= 15 is 0 Å². The van der Waals surface area contributed by atoms with Gasteiger partial charge in [0, 0.05) is 11.8 Å². The summed E-state index contributed by atoms with van der Waals surface area (Å²) in [5.41, 5.74) is 9.30. The summed E-state index contributed by atoms with van der Waals surface area (Å²) >= 11 is 0. The molecule has 19 heavy (non-hydrogen) atoms. The molecule has 0 fully saturated rings. The fourth-order valence-electron chi connectivity index (χ4n) is 4.12. The Morgan fingerprint density at radius 1 is 0.737 bits per heavy atom. The van der Waals surface area contributed by atoms with E-state index in [9.17, 15) is 0 Å². The first-order chi connectivity index (χ1) is 9.43. The van der Waals surface area contributed by atoms with Gasteiger partial charge in [-0.05, 0) is 39.8 Å². The topological polar surface area (TPSA) is 0 Å². The second-order valence-corrected chi connectivity index (χ2v) is 5.74. The Morgan fingerprint density at radius 3 is 2.32 bits per heavy atom. The third-order valence-corrected chi connectivity index (χ3v) is 4.88. The monoisotopic (exact) mass is 242 g/mol. The van der Waals surface area contributed by atoms with Crippen LogP contribution >= 0.6 is 0 Å². The maximum Gasteiger partial charge on any atom is 0.0279 e. The highest BCUT2D eigenvalue weighted by molar-refractivity contribution is 5.87. The van der Waals surface area contributed by atoms with Crippen LogP contribution in [0.3, 0.4) is 0 Å². The van der Waals surface area contributed by atoms with Crippen molar-refractivity contribution in [3.63, 3.8) is 0 Å². The lowest BCUT2D eigenvalue weighted by molar-refractivity contribution is 0.834. The highest BCUT2D eigenvalue weighted by Crippen LogP contribution is 2.56. The number of hydrogen-bond acceptors (Lipinski definition) is 0. The maximum atomic E-state index is 2.41. The van der Waals surface area contributed by atoms with Crippen molar-refractivity contribution in [3.8, 4) is 0 Å². The molecule has 0 saturated carbocycles. The summed E-state index contributed by atoms with van der Waals surface area (Å²) < 4.78 is 0. The normalized spacial score (nSPS) is 25.3. The van der Waals surface area contributed by atoms with Gasteiger partial charge in [-0.25, -0.2) is 0 Å². The molecule has 2 aromatic carbocycles. The Hall–Kier alpha value is -2.08. The zero-order chi connectivity index (χ0) is 12.4. The van der Waals surface area contributed by atoms with Crippen LogP contribution in [0.1, 0.15) is 34.1 Å². The van der Waals surface area contributed by atoms with E-state index < -0.39 is 0 Å². The molecule has 0 aromatic heterocycles. The lowest BCUT2D eigenvalue weighted by atomic mass is 9.68. The summed E-state index contributed by atoms with van der Waals surface area (Å²) in [6.45, 7) is 0. The molecule has 6 rings (SSSR count). The van der Waals surface area contributed by atoms with E-state index in [2.05, 4.69) is 60.7 Å². The summed E-state index contributed by atoms with van der Waals surface area (Å²) in [5.74, 6) is 1.00. The van der Waals surface area contributed by atoms with Crippen LogP contribution in [0.15, 0.2) is 66.3 Å². The van der Waals surface area contributed by atoms with Gasteiger partial charge in [-0.15, -0.1) is 0 Å². The Labute approximate surface area is 113 Å². The summed E-state index contributed by atoms with van der Waals surface area (Å²) in [6.07, 6.45) is 5.97. The van der Waals surface area contributed by atoms with E-state index in [1.807, 2.05) is 0 Å². The van der Waals surface area contributed by atoms with Crippen molar-refractivity contribution >= 4 is 5.57 Å². The van der Waals surface area contributed by atoms with Gasteiger partial charge in [-0.2, -0.15) is 0 Å². The van der Waals surface area contributed by atoms with Crippen LogP contribution in [-0.4, -0.2) is 0 Å². The Bertz CT molecular complexity index is 761. The van der Waals surface area contributed by atoms with Gasteiger partial charge in [-0.1, -0.05) is 60.7 Å². The average molecular weight is 242 g/mol. The molecule has 2 aromatic rings. The molecular formula is C19H14. The third kappa shape index (κ3) is 1.10.